The van der Waals surface area contributed by atoms with Gasteiger partial charge in [-0.05, 0) is 110 Å². The van der Waals surface area contributed by atoms with E-state index in [1.807, 2.05) is 0 Å². The third kappa shape index (κ3) is 3.60. The second-order valence-corrected chi connectivity index (χ2v) is 11.8. The molecule has 0 heterocycles. The fourth-order valence-corrected chi connectivity index (χ4v) is 9.10. The molecule has 0 saturated heterocycles. The molecule has 0 spiro atoms. The Morgan fingerprint density at radius 3 is 2.48 bits per heavy atom. The van der Waals surface area contributed by atoms with Crippen LogP contribution in [0.4, 0.5) is 0 Å². The smallest absolute Gasteiger partial charge is 0.305 e. The molecule has 4 fully saturated rings. The van der Waals surface area contributed by atoms with Crippen LogP contribution in [0.25, 0.3) is 0 Å². The lowest BCUT2D eigenvalue weighted by Crippen LogP contribution is -2.59. The Balaban J connectivity index is 1.60. The highest BCUT2D eigenvalue weighted by molar-refractivity contribution is 5.69. The summed E-state index contributed by atoms with van der Waals surface area (Å²) in [5, 5.41) is 22.1. The lowest BCUT2D eigenvalue weighted by Gasteiger charge is -2.63. The second kappa shape index (κ2) is 8.48. The summed E-state index contributed by atoms with van der Waals surface area (Å²) in [6.07, 6.45) is 10.6. The maximum absolute atomic E-state index is 11.7. The molecule has 4 aliphatic rings. The van der Waals surface area contributed by atoms with E-state index in [1.165, 1.54) is 38.4 Å². The average molecular weight is 433 g/mol. The quantitative estimate of drug-likeness (QED) is 0.478. The number of carbonyl (C=O) groups is 1. The molecule has 176 valence electrons. The van der Waals surface area contributed by atoms with Gasteiger partial charge < -0.3 is 14.9 Å². The number of hydrogen-bond donors (Lipinski definition) is 2. The monoisotopic (exact) mass is 432 g/mol. The minimum absolute atomic E-state index is 0.103. The lowest BCUT2D eigenvalue weighted by atomic mass is 9.42. The van der Waals surface area contributed by atoms with Crippen LogP contribution >= 0.6 is 0 Å². The summed E-state index contributed by atoms with van der Waals surface area (Å²) in [5.74, 6) is 2.76. The Kier molecular flexibility index (Phi) is 6.37. The van der Waals surface area contributed by atoms with Crippen molar-refractivity contribution in [3.8, 4) is 0 Å². The van der Waals surface area contributed by atoms with E-state index in [2.05, 4.69) is 33.8 Å². The zero-order valence-corrected chi connectivity index (χ0v) is 20.3. The molecule has 0 bridgehead atoms. The summed E-state index contributed by atoms with van der Waals surface area (Å²) in [6.45, 7) is 9.35. The number of esters is 1. The minimum Gasteiger partial charge on any atom is -0.469 e. The number of aliphatic hydroxyl groups is 2. The SMILES string of the molecule is CC=C1[C@@H](O)[C@@H]2[C@H](CC[C@]3(C)[C@@H](C(C)CCC(=O)OC)CC[C@@H]23)[C@@]2(C)CC[C@@H](O)C[C@@H]12. The minimum atomic E-state index is -0.368. The van der Waals surface area contributed by atoms with E-state index in [0.29, 0.717) is 41.9 Å². The van der Waals surface area contributed by atoms with Gasteiger partial charge in [0.2, 0.25) is 0 Å². The summed E-state index contributed by atoms with van der Waals surface area (Å²) in [4.78, 5) is 11.7. The molecule has 0 aromatic heterocycles. The normalized spacial score (nSPS) is 49.1. The lowest BCUT2D eigenvalue weighted by molar-refractivity contribution is -0.148. The molecule has 0 aromatic carbocycles. The van der Waals surface area contributed by atoms with Crippen LogP contribution in [0.2, 0.25) is 0 Å². The molecular weight excluding hydrogens is 388 g/mol. The predicted molar refractivity (Wildman–Crippen MR) is 122 cm³/mol. The van der Waals surface area contributed by atoms with E-state index < -0.39 is 0 Å². The summed E-state index contributed by atoms with van der Waals surface area (Å²) >= 11 is 0. The van der Waals surface area contributed by atoms with Crippen molar-refractivity contribution in [3.05, 3.63) is 11.6 Å². The van der Waals surface area contributed by atoms with Gasteiger partial charge in [-0.3, -0.25) is 4.79 Å². The molecule has 4 aliphatic carbocycles. The second-order valence-electron chi connectivity index (χ2n) is 11.8. The molecule has 1 unspecified atom stereocenters. The number of aliphatic hydroxyl groups excluding tert-OH is 2. The van der Waals surface area contributed by atoms with Gasteiger partial charge in [-0.2, -0.15) is 0 Å². The molecule has 10 atom stereocenters. The molecule has 0 aromatic rings. The van der Waals surface area contributed by atoms with E-state index in [-0.39, 0.29) is 29.0 Å². The Hall–Kier alpha value is -0.870. The Labute approximate surface area is 188 Å². The van der Waals surface area contributed by atoms with E-state index in [0.717, 1.165) is 25.7 Å². The molecule has 2 N–H and O–H groups in total. The highest BCUT2D eigenvalue weighted by atomic mass is 16.5. The number of fused-ring (bicyclic) bond motifs is 5. The van der Waals surface area contributed by atoms with Crippen LogP contribution in [0, 0.1) is 46.3 Å². The van der Waals surface area contributed by atoms with Crippen LogP contribution in [-0.4, -0.2) is 35.5 Å². The summed E-state index contributed by atoms with van der Waals surface area (Å²) in [6, 6.07) is 0. The van der Waals surface area contributed by atoms with Gasteiger partial charge in [-0.25, -0.2) is 0 Å². The average Bonchev–Trinajstić information content (AvgIpc) is 3.10. The first-order valence-corrected chi connectivity index (χ1v) is 12.8. The van der Waals surface area contributed by atoms with Crippen LogP contribution in [0.1, 0.15) is 85.5 Å². The van der Waals surface area contributed by atoms with Crippen molar-refractivity contribution in [2.75, 3.05) is 7.11 Å². The van der Waals surface area contributed by atoms with Gasteiger partial charge in [0.15, 0.2) is 0 Å². The zero-order valence-electron chi connectivity index (χ0n) is 20.3. The molecule has 0 amide bonds. The summed E-state index contributed by atoms with van der Waals surface area (Å²) < 4.78 is 4.88. The van der Waals surface area contributed by atoms with Crippen LogP contribution < -0.4 is 0 Å². The number of hydrogen-bond acceptors (Lipinski definition) is 4. The van der Waals surface area contributed by atoms with Crippen molar-refractivity contribution in [1.82, 2.24) is 0 Å². The van der Waals surface area contributed by atoms with Gasteiger partial charge in [-0.15, -0.1) is 0 Å². The van der Waals surface area contributed by atoms with Gasteiger partial charge in [0, 0.05) is 6.42 Å². The maximum atomic E-state index is 11.7. The highest BCUT2D eigenvalue weighted by Gasteiger charge is 2.63. The van der Waals surface area contributed by atoms with Crippen LogP contribution in [0.15, 0.2) is 11.6 Å². The van der Waals surface area contributed by atoms with E-state index in [4.69, 9.17) is 4.74 Å². The standard InChI is InChI=1S/C27H44O4/c1-6-18-22-15-17(28)11-13-27(22,4)21-12-14-26(3)19(16(2)7-10-23(29)31-5)8-9-20(26)24(21)25(18)30/h6,16-17,19-22,24-25,28,30H,7-15H2,1-5H3/t16?,17-,19-,20+,21+,22+,24+,25-,26-,27-/m1/s1. The summed E-state index contributed by atoms with van der Waals surface area (Å²) in [7, 11) is 1.47. The topological polar surface area (TPSA) is 66.8 Å². The van der Waals surface area contributed by atoms with Crippen molar-refractivity contribution in [2.24, 2.45) is 46.3 Å². The molecular formula is C27H44O4. The first kappa shape index (κ1) is 23.3. The van der Waals surface area contributed by atoms with Crippen LogP contribution in [0.3, 0.4) is 0 Å². The van der Waals surface area contributed by atoms with Crippen molar-refractivity contribution in [2.45, 2.75) is 97.7 Å². The first-order chi connectivity index (χ1) is 14.7. The number of carbonyl (C=O) groups excluding carboxylic acids is 1. The largest absolute Gasteiger partial charge is 0.469 e. The number of ether oxygens (including phenoxy) is 1. The van der Waals surface area contributed by atoms with E-state index in [9.17, 15) is 15.0 Å². The number of rotatable bonds is 4. The fourth-order valence-electron chi connectivity index (χ4n) is 9.10. The number of allylic oxidation sites excluding steroid dienone is 1. The van der Waals surface area contributed by atoms with Gasteiger partial charge in [0.1, 0.15) is 0 Å². The molecule has 31 heavy (non-hydrogen) atoms. The summed E-state index contributed by atoms with van der Waals surface area (Å²) in [5.41, 5.74) is 1.64. The maximum Gasteiger partial charge on any atom is 0.305 e. The first-order valence-electron chi connectivity index (χ1n) is 12.8. The van der Waals surface area contributed by atoms with Gasteiger partial charge >= 0.3 is 5.97 Å². The molecule has 4 heteroatoms. The Bertz CT molecular complexity index is 716. The molecule has 4 saturated carbocycles. The number of methoxy groups -OCH3 is 1. The van der Waals surface area contributed by atoms with E-state index in [1.54, 1.807) is 0 Å². The third-order valence-corrected chi connectivity index (χ3v) is 10.7. The van der Waals surface area contributed by atoms with Gasteiger partial charge in [-0.1, -0.05) is 26.8 Å². The van der Waals surface area contributed by atoms with E-state index >= 15 is 0 Å². The molecule has 0 aliphatic heterocycles. The fraction of sp³-hybridized carbons (Fsp3) is 0.889. The Morgan fingerprint density at radius 1 is 1.13 bits per heavy atom. The van der Waals surface area contributed by atoms with Crippen molar-refractivity contribution >= 4 is 5.97 Å². The van der Waals surface area contributed by atoms with Crippen LogP contribution in [-0.2, 0) is 9.53 Å². The van der Waals surface area contributed by atoms with Crippen molar-refractivity contribution in [1.29, 1.82) is 0 Å². The molecule has 4 rings (SSSR count). The highest BCUT2D eigenvalue weighted by Crippen LogP contribution is 2.69. The van der Waals surface area contributed by atoms with Crippen molar-refractivity contribution < 1.29 is 19.7 Å². The van der Waals surface area contributed by atoms with Gasteiger partial charge in [0.25, 0.3) is 0 Å². The van der Waals surface area contributed by atoms with Crippen LogP contribution in [0.5, 0.6) is 0 Å². The predicted octanol–water partition coefficient (Wildman–Crippen LogP) is 5.12. The molecule has 4 nitrogen and oxygen atoms in total. The molecule has 0 radical (unpaired) electrons. The zero-order chi connectivity index (χ0) is 22.6. The van der Waals surface area contributed by atoms with Gasteiger partial charge in [0.05, 0.1) is 19.3 Å². The Morgan fingerprint density at radius 2 is 1.81 bits per heavy atom. The van der Waals surface area contributed by atoms with Crippen molar-refractivity contribution in [3.63, 3.8) is 0 Å². The third-order valence-electron chi connectivity index (χ3n) is 10.7.